The average molecular weight is 622 g/mol. The lowest BCUT2D eigenvalue weighted by molar-refractivity contribution is -0.124. The standard InChI is InChI=1S/C31H35N5O5S2/c1-21(2)17-35(43(40,41)24-13-14-25-29(16-24)42-20-32-25)19-28(37)26(15-22-9-5-3-6-10-22)33-30(38)27-18-36(31(39)34-27)23-11-7-4-8-12-23/h3-14,16,20-21,26-28,37H,15,17-19H2,1-2H3,(H,33,38)(H,34,39)/t26-,27-,28+/m0/s1. The lowest BCUT2D eigenvalue weighted by Gasteiger charge is -2.31. The van der Waals surface area contributed by atoms with Crippen LogP contribution in [0.1, 0.15) is 19.4 Å². The van der Waals surface area contributed by atoms with Crippen LogP contribution in [0.4, 0.5) is 10.5 Å². The molecular formula is C31H35N5O5S2. The van der Waals surface area contributed by atoms with Crippen LogP contribution in [0.2, 0.25) is 0 Å². The number of aliphatic hydroxyl groups is 1. The van der Waals surface area contributed by atoms with E-state index in [0.717, 1.165) is 15.8 Å². The minimum Gasteiger partial charge on any atom is -0.390 e. The molecule has 0 saturated carbocycles. The van der Waals surface area contributed by atoms with E-state index in [1.54, 1.807) is 29.8 Å². The smallest absolute Gasteiger partial charge is 0.322 e. The maximum absolute atomic E-state index is 13.8. The van der Waals surface area contributed by atoms with E-state index < -0.39 is 40.1 Å². The Morgan fingerprint density at radius 3 is 2.49 bits per heavy atom. The summed E-state index contributed by atoms with van der Waals surface area (Å²) in [5.74, 6) is -0.477. The van der Waals surface area contributed by atoms with Crippen molar-refractivity contribution in [2.75, 3.05) is 24.5 Å². The Balaban J connectivity index is 1.37. The number of amides is 3. The van der Waals surface area contributed by atoms with Crippen LogP contribution < -0.4 is 15.5 Å². The van der Waals surface area contributed by atoms with Crippen LogP contribution in [-0.2, 0) is 21.2 Å². The second-order valence-electron chi connectivity index (χ2n) is 11.0. The molecule has 226 valence electrons. The van der Waals surface area contributed by atoms with Crippen molar-refractivity contribution < 1.29 is 23.1 Å². The van der Waals surface area contributed by atoms with E-state index >= 15 is 0 Å². The molecule has 0 spiro atoms. The van der Waals surface area contributed by atoms with Crippen molar-refractivity contribution in [3.05, 3.63) is 89.9 Å². The van der Waals surface area contributed by atoms with Crippen molar-refractivity contribution in [2.24, 2.45) is 5.92 Å². The van der Waals surface area contributed by atoms with E-state index in [1.165, 1.54) is 26.6 Å². The zero-order chi connectivity index (χ0) is 30.6. The number of anilines is 1. The average Bonchev–Trinajstić information content (AvgIpc) is 3.63. The molecule has 3 atom stereocenters. The maximum atomic E-state index is 13.8. The number of fused-ring (bicyclic) bond motifs is 1. The molecule has 4 aromatic rings. The van der Waals surface area contributed by atoms with Crippen LogP contribution in [0.3, 0.4) is 0 Å². The highest BCUT2D eigenvalue weighted by atomic mass is 32.2. The predicted molar refractivity (Wildman–Crippen MR) is 167 cm³/mol. The first-order valence-electron chi connectivity index (χ1n) is 14.1. The number of rotatable bonds is 12. The van der Waals surface area contributed by atoms with Gasteiger partial charge in [0.05, 0.1) is 39.3 Å². The third kappa shape index (κ3) is 7.21. The molecular weight excluding hydrogens is 587 g/mol. The van der Waals surface area contributed by atoms with Gasteiger partial charge in [-0.2, -0.15) is 4.31 Å². The molecule has 3 N–H and O–H groups in total. The number of aromatic nitrogens is 1. The topological polar surface area (TPSA) is 132 Å². The molecule has 3 amide bonds. The Morgan fingerprint density at radius 2 is 1.79 bits per heavy atom. The number of urea groups is 1. The highest BCUT2D eigenvalue weighted by Crippen LogP contribution is 2.25. The van der Waals surface area contributed by atoms with E-state index in [1.807, 2.05) is 62.4 Å². The number of carbonyl (C=O) groups is 2. The van der Waals surface area contributed by atoms with Gasteiger partial charge in [0.2, 0.25) is 15.9 Å². The monoisotopic (exact) mass is 621 g/mol. The van der Waals surface area contributed by atoms with Gasteiger partial charge < -0.3 is 15.7 Å². The van der Waals surface area contributed by atoms with Crippen molar-refractivity contribution in [3.8, 4) is 0 Å². The second-order valence-corrected chi connectivity index (χ2v) is 13.8. The minimum absolute atomic E-state index is 0.0195. The summed E-state index contributed by atoms with van der Waals surface area (Å²) < 4.78 is 29.7. The van der Waals surface area contributed by atoms with Gasteiger partial charge in [-0.3, -0.25) is 9.69 Å². The fourth-order valence-electron chi connectivity index (χ4n) is 5.11. The van der Waals surface area contributed by atoms with Crippen LogP contribution >= 0.6 is 11.3 Å². The normalized spacial score (nSPS) is 16.9. The SMILES string of the molecule is CC(C)CN(C[C@@H](O)[C@H](Cc1ccccc1)NC(=O)[C@@H]1CN(c2ccccc2)C(=O)N1)S(=O)(=O)c1ccc2ncsc2c1. The van der Waals surface area contributed by atoms with Crippen LogP contribution in [0.25, 0.3) is 10.2 Å². The largest absolute Gasteiger partial charge is 0.390 e. The molecule has 43 heavy (non-hydrogen) atoms. The third-order valence-corrected chi connectivity index (χ3v) is 9.90. The number of carbonyl (C=O) groups excluding carboxylic acids is 2. The van der Waals surface area contributed by atoms with Gasteiger partial charge in [0.25, 0.3) is 0 Å². The van der Waals surface area contributed by atoms with E-state index in [0.29, 0.717) is 5.69 Å². The van der Waals surface area contributed by atoms with Gasteiger partial charge >= 0.3 is 6.03 Å². The van der Waals surface area contributed by atoms with E-state index in [9.17, 15) is 23.1 Å². The van der Waals surface area contributed by atoms with Crippen molar-refractivity contribution in [2.45, 2.75) is 43.4 Å². The number of sulfonamides is 1. The summed E-state index contributed by atoms with van der Waals surface area (Å²) in [5, 5.41) is 17.2. The van der Waals surface area contributed by atoms with Crippen molar-refractivity contribution in [1.82, 2.24) is 19.9 Å². The summed E-state index contributed by atoms with van der Waals surface area (Å²) in [4.78, 5) is 32.0. The Bertz CT molecular complexity index is 1660. The minimum atomic E-state index is -3.98. The molecule has 5 rings (SSSR count). The summed E-state index contributed by atoms with van der Waals surface area (Å²) in [7, 11) is -3.98. The first-order valence-corrected chi connectivity index (χ1v) is 16.4. The molecule has 0 bridgehead atoms. The van der Waals surface area contributed by atoms with E-state index in [4.69, 9.17) is 0 Å². The Morgan fingerprint density at radius 1 is 1.09 bits per heavy atom. The molecule has 0 aliphatic carbocycles. The third-order valence-electron chi connectivity index (χ3n) is 7.28. The molecule has 12 heteroatoms. The number of thiazole rings is 1. The number of hydrogen-bond donors (Lipinski definition) is 3. The Labute approximate surface area is 255 Å². The number of hydrogen-bond acceptors (Lipinski definition) is 7. The van der Waals surface area contributed by atoms with Crippen molar-refractivity contribution >= 4 is 49.2 Å². The molecule has 1 saturated heterocycles. The molecule has 3 aromatic carbocycles. The molecule has 0 unspecified atom stereocenters. The van der Waals surface area contributed by atoms with Gasteiger partial charge in [0.15, 0.2) is 0 Å². The van der Waals surface area contributed by atoms with Crippen molar-refractivity contribution in [3.63, 3.8) is 0 Å². The zero-order valence-electron chi connectivity index (χ0n) is 24.0. The van der Waals surface area contributed by atoms with Gasteiger partial charge in [-0.05, 0) is 48.2 Å². The fraction of sp³-hybridized carbons (Fsp3) is 0.323. The maximum Gasteiger partial charge on any atom is 0.322 e. The summed E-state index contributed by atoms with van der Waals surface area (Å²) in [6, 6.07) is 21.2. The highest BCUT2D eigenvalue weighted by Gasteiger charge is 2.37. The number of benzene rings is 3. The van der Waals surface area contributed by atoms with Crippen LogP contribution in [0, 0.1) is 5.92 Å². The number of para-hydroxylation sites is 1. The van der Waals surface area contributed by atoms with Crippen LogP contribution in [0.5, 0.6) is 0 Å². The summed E-state index contributed by atoms with van der Waals surface area (Å²) >= 11 is 1.36. The first kappa shape index (κ1) is 30.6. The van der Waals surface area contributed by atoms with E-state index in [2.05, 4.69) is 15.6 Å². The lowest BCUT2D eigenvalue weighted by atomic mass is 10.0. The predicted octanol–water partition coefficient (Wildman–Crippen LogP) is 3.63. The molecule has 1 fully saturated rings. The lowest BCUT2D eigenvalue weighted by Crippen LogP contribution is -2.54. The summed E-state index contributed by atoms with van der Waals surface area (Å²) in [5.41, 5.74) is 3.92. The van der Waals surface area contributed by atoms with Crippen LogP contribution in [0.15, 0.2) is 89.3 Å². The van der Waals surface area contributed by atoms with Gasteiger partial charge in [0.1, 0.15) is 6.04 Å². The van der Waals surface area contributed by atoms with Crippen LogP contribution in [-0.4, -0.2) is 72.6 Å². The van der Waals surface area contributed by atoms with Gasteiger partial charge in [-0.25, -0.2) is 18.2 Å². The summed E-state index contributed by atoms with van der Waals surface area (Å²) in [6.07, 6.45) is -0.980. The highest BCUT2D eigenvalue weighted by molar-refractivity contribution is 7.89. The fourth-order valence-corrected chi connectivity index (χ4v) is 7.55. The summed E-state index contributed by atoms with van der Waals surface area (Å²) in [6.45, 7) is 3.89. The molecule has 1 aliphatic heterocycles. The van der Waals surface area contributed by atoms with E-state index in [-0.39, 0.29) is 36.9 Å². The van der Waals surface area contributed by atoms with Gasteiger partial charge in [0, 0.05) is 18.8 Å². The Kier molecular flexibility index (Phi) is 9.40. The molecule has 2 heterocycles. The number of aliphatic hydroxyl groups excluding tert-OH is 1. The Hall–Kier alpha value is -3.84. The number of nitrogens with zero attached hydrogens (tertiary/aromatic N) is 3. The van der Waals surface area contributed by atoms with Gasteiger partial charge in [-0.1, -0.05) is 62.4 Å². The molecule has 10 nitrogen and oxygen atoms in total. The molecule has 1 aromatic heterocycles. The zero-order valence-corrected chi connectivity index (χ0v) is 25.6. The number of nitrogens with one attached hydrogen (secondary N) is 2. The second kappa shape index (κ2) is 13.2. The molecule has 1 aliphatic rings. The molecule has 0 radical (unpaired) electrons. The quantitative estimate of drug-likeness (QED) is 0.221. The van der Waals surface area contributed by atoms with Crippen molar-refractivity contribution in [1.29, 1.82) is 0 Å². The van der Waals surface area contributed by atoms with Gasteiger partial charge in [-0.15, -0.1) is 11.3 Å². The first-order chi connectivity index (χ1) is 20.6.